The molecule has 0 atom stereocenters. The Morgan fingerprint density at radius 3 is 2.38 bits per heavy atom. The zero-order valence-electron chi connectivity index (χ0n) is 18.2. The van der Waals surface area contributed by atoms with Gasteiger partial charge in [0, 0.05) is 19.2 Å². The molecule has 2 aromatic carbocycles. The van der Waals surface area contributed by atoms with E-state index in [1.165, 1.54) is 47.6 Å². The predicted molar refractivity (Wildman–Crippen MR) is 118 cm³/mol. The minimum Gasteiger partial charge on any atom is -0.452 e. The second-order valence-electron chi connectivity index (χ2n) is 6.90. The van der Waals surface area contributed by atoms with Gasteiger partial charge in [-0.3, -0.25) is 14.9 Å². The first-order valence-corrected chi connectivity index (χ1v) is 11.3. The summed E-state index contributed by atoms with van der Waals surface area (Å²) < 4.78 is 31.9. The molecule has 1 amide bonds. The molecule has 0 aliphatic heterocycles. The van der Waals surface area contributed by atoms with E-state index in [0.29, 0.717) is 5.56 Å². The van der Waals surface area contributed by atoms with Crippen LogP contribution in [0, 0.1) is 24.0 Å². The summed E-state index contributed by atoms with van der Waals surface area (Å²) in [5.41, 5.74) is 0.805. The van der Waals surface area contributed by atoms with E-state index < -0.39 is 33.4 Å². The average molecular weight is 464 g/mol. The molecule has 0 unspecified atom stereocenters. The van der Waals surface area contributed by atoms with Crippen molar-refractivity contribution in [3.05, 3.63) is 63.2 Å². The van der Waals surface area contributed by atoms with Crippen LogP contribution in [-0.4, -0.2) is 49.2 Å². The van der Waals surface area contributed by atoms with Gasteiger partial charge in [-0.05, 0) is 37.6 Å². The number of nitro groups is 1. The maximum Gasteiger partial charge on any atom is 0.338 e. The van der Waals surface area contributed by atoms with Crippen molar-refractivity contribution in [2.24, 2.45) is 0 Å². The first kappa shape index (κ1) is 25.0. The van der Waals surface area contributed by atoms with Crippen molar-refractivity contribution in [2.75, 3.05) is 25.0 Å². The number of rotatable bonds is 9. The van der Waals surface area contributed by atoms with Crippen molar-refractivity contribution in [2.45, 2.75) is 32.6 Å². The van der Waals surface area contributed by atoms with Crippen molar-refractivity contribution < 1.29 is 27.7 Å². The third-order valence-electron chi connectivity index (χ3n) is 4.86. The number of hydrogen-bond acceptors (Lipinski definition) is 7. The Hall–Kier alpha value is -3.31. The predicted octanol–water partition coefficient (Wildman–Crippen LogP) is 3.04. The number of nitro benzene ring substituents is 1. The van der Waals surface area contributed by atoms with Crippen molar-refractivity contribution >= 4 is 33.3 Å². The second kappa shape index (κ2) is 10.3. The van der Waals surface area contributed by atoms with E-state index in [1.807, 2.05) is 0 Å². The number of esters is 1. The first-order chi connectivity index (χ1) is 15.0. The summed E-state index contributed by atoms with van der Waals surface area (Å²) in [7, 11) is -3.78. The molecule has 1 N–H and O–H groups in total. The summed E-state index contributed by atoms with van der Waals surface area (Å²) in [5, 5.41) is 13.5. The summed E-state index contributed by atoms with van der Waals surface area (Å²) in [4.78, 5) is 35.0. The number of carbonyl (C=O) groups is 2. The van der Waals surface area contributed by atoms with Crippen LogP contribution in [0.2, 0.25) is 0 Å². The van der Waals surface area contributed by atoms with Crippen molar-refractivity contribution in [1.82, 2.24) is 4.31 Å². The standard InChI is InChI=1S/C21H25N3O7S/c1-5-23(6-2)32(29,30)19-12-16(11-10-14(19)3)21(26)31-13-20(25)22-17-8-7-9-18(15(17)4)24(27)28/h7-12H,5-6,13H2,1-4H3,(H,22,25). The smallest absolute Gasteiger partial charge is 0.338 e. The van der Waals surface area contributed by atoms with Crippen LogP contribution in [0.5, 0.6) is 0 Å². The van der Waals surface area contributed by atoms with Crippen LogP contribution in [0.3, 0.4) is 0 Å². The number of sulfonamides is 1. The van der Waals surface area contributed by atoms with Crippen LogP contribution in [-0.2, 0) is 19.6 Å². The molecule has 2 rings (SSSR count). The van der Waals surface area contributed by atoms with Crippen molar-refractivity contribution in [3.8, 4) is 0 Å². The summed E-state index contributed by atoms with van der Waals surface area (Å²) >= 11 is 0. The van der Waals surface area contributed by atoms with Gasteiger partial charge in [0.15, 0.2) is 6.61 Å². The third-order valence-corrected chi connectivity index (χ3v) is 7.05. The van der Waals surface area contributed by atoms with Gasteiger partial charge in [-0.15, -0.1) is 0 Å². The fourth-order valence-electron chi connectivity index (χ4n) is 3.06. The molecule has 0 saturated heterocycles. The molecule has 32 heavy (non-hydrogen) atoms. The summed E-state index contributed by atoms with van der Waals surface area (Å²) in [6.45, 7) is 6.47. The molecule has 0 saturated carbocycles. The van der Waals surface area contributed by atoms with Crippen LogP contribution in [0.25, 0.3) is 0 Å². The number of amides is 1. The van der Waals surface area contributed by atoms with Gasteiger partial charge in [-0.25, -0.2) is 13.2 Å². The monoisotopic (exact) mass is 463 g/mol. The zero-order valence-corrected chi connectivity index (χ0v) is 19.1. The molecule has 0 aliphatic rings. The number of nitrogens with zero attached hydrogens (tertiary/aromatic N) is 2. The van der Waals surface area contributed by atoms with E-state index in [2.05, 4.69) is 5.32 Å². The van der Waals surface area contributed by atoms with E-state index in [0.717, 1.165) is 0 Å². The molecule has 11 heteroatoms. The summed E-state index contributed by atoms with van der Waals surface area (Å²) in [6.07, 6.45) is 0. The Bertz CT molecular complexity index is 1140. The Kier molecular flexibility index (Phi) is 8.06. The Labute approximate surface area is 186 Å². The van der Waals surface area contributed by atoms with E-state index >= 15 is 0 Å². The molecular formula is C21H25N3O7S. The number of hydrogen-bond donors (Lipinski definition) is 1. The quantitative estimate of drug-likeness (QED) is 0.343. The number of anilines is 1. The van der Waals surface area contributed by atoms with Crippen LogP contribution in [0.4, 0.5) is 11.4 Å². The van der Waals surface area contributed by atoms with Crippen molar-refractivity contribution in [1.29, 1.82) is 0 Å². The number of nitrogens with one attached hydrogen (secondary N) is 1. The molecule has 0 spiro atoms. The van der Waals surface area contributed by atoms with Crippen LogP contribution in [0.15, 0.2) is 41.3 Å². The van der Waals surface area contributed by atoms with E-state index in [-0.39, 0.29) is 40.5 Å². The van der Waals surface area contributed by atoms with Gasteiger partial charge < -0.3 is 10.1 Å². The van der Waals surface area contributed by atoms with Crippen LogP contribution >= 0.6 is 0 Å². The normalized spacial score (nSPS) is 11.3. The molecule has 0 fully saturated rings. The van der Waals surface area contributed by atoms with Gasteiger partial charge in [0.1, 0.15) is 0 Å². The van der Waals surface area contributed by atoms with Gasteiger partial charge in [0.25, 0.3) is 11.6 Å². The Morgan fingerprint density at radius 1 is 1.12 bits per heavy atom. The van der Waals surface area contributed by atoms with Gasteiger partial charge in [0.05, 0.1) is 26.6 Å². The number of benzene rings is 2. The minimum atomic E-state index is -3.78. The van der Waals surface area contributed by atoms with E-state index in [4.69, 9.17) is 4.74 Å². The fourth-order valence-corrected chi connectivity index (χ4v) is 4.77. The Morgan fingerprint density at radius 2 is 1.78 bits per heavy atom. The van der Waals surface area contributed by atoms with Crippen molar-refractivity contribution in [3.63, 3.8) is 0 Å². The maximum absolute atomic E-state index is 12.8. The van der Waals surface area contributed by atoms with Crippen LogP contribution < -0.4 is 5.32 Å². The highest BCUT2D eigenvalue weighted by Gasteiger charge is 2.25. The highest BCUT2D eigenvalue weighted by molar-refractivity contribution is 7.89. The van der Waals surface area contributed by atoms with E-state index in [1.54, 1.807) is 20.8 Å². The maximum atomic E-state index is 12.8. The summed E-state index contributed by atoms with van der Waals surface area (Å²) in [6, 6.07) is 8.38. The molecule has 10 nitrogen and oxygen atoms in total. The molecule has 0 aliphatic carbocycles. The molecule has 172 valence electrons. The highest BCUT2D eigenvalue weighted by atomic mass is 32.2. The zero-order chi connectivity index (χ0) is 24.1. The topological polar surface area (TPSA) is 136 Å². The lowest BCUT2D eigenvalue weighted by Gasteiger charge is -2.20. The Balaban J connectivity index is 2.13. The molecule has 0 bridgehead atoms. The molecule has 0 aromatic heterocycles. The molecule has 0 radical (unpaired) electrons. The lowest BCUT2D eigenvalue weighted by molar-refractivity contribution is -0.385. The largest absolute Gasteiger partial charge is 0.452 e. The SMILES string of the molecule is CCN(CC)S(=O)(=O)c1cc(C(=O)OCC(=O)Nc2cccc([N+](=O)[O-])c2C)ccc1C. The lowest BCUT2D eigenvalue weighted by Crippen LogP contribution is -2.31. The lowest BCUT2D eigenvalue weighted by atomic mass is 10.1. The third kappa shape index (κ3) is 5.48. The second-order valence-corrected chi connectivity index (χ2v) is 8.81. The summed E-state index contributed by atoms with van der Waals surface area (Å²) in [5.74, 6) is -1.56. The van der Waals surface area contributed by atoms with Gasteiger partial charge in [0.2, 0.25) is 10.0 Å². The fraction of sp³-hybridized carbons (Fsp3) is 0.333. The minimum absolute atomic E-state index is 0.00711. The van der Waals surface area contributed by atoms with E-state index in [9.17, 15) is 28.1 Å². The highest BCUT2D eigenvalue weighted by Crippen LogP contribution is 2.25. The average Bonchev–Trinajstić information content (AvgIpc) is 2.74. The molecular weight excluding hydrogens is 438 g/mol. The number of carbonyl (C=O) groups excluding carboxylic acids is 2. The number of aryl methyl sites for hydroxylation is 1. The number of ether oxygens (including phenoxy) is 1. The first-order valence-electron chi connectivity index (χ1n) is 9.84. The van der Waals surface area contributed by atoms with Crippen LogP contribution in [0.1, 0.15) is 35.3 Å². The molecule has 0 heterocycles. The van der Waals surface area contributed by atoms with Gasteiger partial charge in [-0.2, -0.15) is 4.31 Å². The van der Waals surface area contributed by atoms with Gasteiger partial charge >= 0.3 is 5.97 Å². The molecule has 2 aromatic rings. The van der Waals surface area contributed by atoms with Gasteiger partial charge in [-0.1, -0.05) is 26.0 Å².